The Morgan fingerprint density at radius 2 is 2.22 bits per heavy atom. The number of carboxylic acid groups (broad SMARTS) is 1. The average molecular weight is 248 g/mol. The number of non-ortho nitro benzene ring substituents is 1. The Balaban J connectivity index is 2.59. The standard InChI is InChI=1S/C11H8N2O5/c1-6-9(11(14)15)10(18-12-6)7-3-2-4-8(5-7)13(16)17/h2-5H,1H3,(H,14,15). The smallest absolute Gasteiger partial charge is 0.341 e. The number of nitro groups is 1. The Hall–Kier alpha value is -2.70. The topological polar surface area (TPSA) is 106 Å². The summed E-state index contributed by atoms with van der Waals surface area (Å²) in [5.41, 5.74) is 0.305. The highest BCUT2D eigenvalue weighted by Crippen LogP contribution is 2.28. The number of hydrogen-bond acceptors (Lipinski definition) is 5. The molecular weight excluding hydrogens is 240 g/mol. The summed E-state index contributed by atoms with van der Waals surface area (Å²) in [5.74, 6) is -1.17. The van der Waals surface area contributed by atoms with Crippen LogP contribution >= 0.6 is 0 Å². The van der Waals surface area contributed by atoms with E-state index in [-0.39, 0.29) is 22.7 Å². The number of nitrogens with zero attached hydrogens (tertiary/aromatic N) is 2. The molecule has 1 aromatic carbocycles. The van der Waals surface area contributed by atoms with E-state index in [9.17, 15) is 14.9 Å². The first kappa shape index (κ1) is 11.8. The zero-order chi connectivity index (χ0) is 13.3. The van der Waals surface area contributed by atoms with E-state index in [0.717, 1.165) is 0 Å². The van der Waals surface area contributed by atoms with E-state index in [1.807, 2.05) is 0 Å². The van der Waals surface area contributed by atoms with Crippen molar-refractivity contribution in [3.05, 3.63) is 45.6 Å². The number of aromatic nitrogens is 1. The van der Waals surface area contributed by atoms with Crippen LogP contribution < -0.4 is 0 Å². The molecule has 18 heavy (non-hydrogen) atoms. The van der Waals surface area contributed by atoms with E-state index in [4.69, 9.17) is 9.63 Å². The summed E-state index contributed by atoms with van der Waals surface area (Å²) in [6.07, 6.45) is 0. The number of aryl methyl sites for hydroxylation is 1. The lowest BCUT2D eigenvalue weighted by atomic mass is 10.1. The summed E-state index contributed by atoms with van der Waals surface area (Å²) in [5, 5.41) is 23.3. The maximum Gasteiger partial charge on any atom is 0.341 e. The molecule has 0 saturated carbocycles. The van der Waals surface area contributed by atoms with Gasteiger partial charge in [0.1, 0.15) is 5.56 Å². The Labute approximate surface area is 101 Å². The van der Waals surface area contributed by atoms with Gasteiger partial charge in [0, 0.05) is 17.7 Å². The SMILES string of the molecule is Cc1noc(-c2cccc([N+](=O)[O-])c2)c1C(=O)O. The molecule has 2 rings (SSSR count). The van der Waals surface area contributed by atoms with Crippen molar-refractivity contribution < 1.29 is 19.3 Å². The molecule has 0 bridgehead atoms. The van der Waals surface area contributed by atoms with Crippen LogP contribution in [0.4, 0.5) is 5.69 Å². The Bertz CT molecular complexity index is 632. The Morgan fingerprint density at radius 1 is 1.50 bits per heavy atom. The van der Waals surface area contributed by atoms with Crippen molar-refractivity contribution in [1.29, 1.82) is 0 Å². The number of carbonyl (C=O) groups is 1. The molecule has 0 amide bonds. The average Bonchev–Trinajstić information content (AvgIpc) is 2.71. The second-order valence-electron chi connectivity index (χ2n) is 3.58. The molecular formula is C11H8N2O5. The van der Waals surface area contributed by atoms with Crippen LogP contribution in [0.15, 0.2) is 28.8 Å². The Kier molecular flexibility index (Phi) is 2.80. The van der Waals surface area contributed by atoms with Crippen LogP contribution in [0.2, 0.25) is 0 Å². The van der Waals surface area contributed by atoms with Gasteiger partial charge in [-0.15, -0.1) is 0 Å². The summed E-state index contributed by atoms with van der Waals surface area (Å²) >= 11 is 0. The van der Waals surface area contributed by atoms with E-state index in [2.05, 4.69) is 5.16 Å². The normalized spacial score (nSPS) is 10.3. The summed E-state index contributed by atoms with van der Waals surface area (Å²) in [7, 11) is 0. The molecule has 1 N–H and O–H groups in total. The van der Waals surface area contributed by atoms with Gasteiger partial charge in [-0.25, -0.2) is 4.79 Å². The third-order valence-electron chi connectivity index (χ3n) is 2.40. The molecule has 0 aliphatic heterocycles. The third-order valence-corrected chi connectivity index (χ3v) is 2.40. The Morgan fingerprint density at radius 3 is 2.83 bits per heavy atom. The fourth-order valence-corrected chi connectivity index (χ4v) is 1.58. The van der Waals surface area contributed by atoms with Crippen LogP contribution in [0.3, 0.4) is 0 Å². The van der Waals surface area contributed by atoms with Crippen LogP contribution in [0.1, 0.15) is 16.1 Å². The highest BCUT2D eigenvalue weighted by molar-refractivity contribution is 5.95. The van der Waals surface area contributed by atoms with Crippen LogP contribution in [0.5, 0.6) is 0 Å². The number of aromatic carboxylic acids is 1. The summed E-state index contributed by atoms with van der Waals surface area (Å²) in [6, 6.07) is 5.54. The predicted octanol–water partition coefficient (Wildman–Crippen LogP) is 2.26. The summed E-state index contributed by atoms with van der Waals surface area (Å²) < 4.78 is 4.92. The second-order valence-corrected chi connectivity index (χ2v) is 3.58. The van der Waals surface area contributed by atoms with Gasteiger partial charge in [0.05, 0.1) is 10.6 Å². The van der Waals surface area contributed by atoms with Crippen LogP contribution in [-0.4, -0.2) is 21.2 Å². The maximum absolute atomic E-state index is 11.1. The van der Waals surface area contributed by atoms with Crippen LogP contribution in [0, 0.1) is 17.0 Å². The van der Waals surface area contributed by atoms with Gasteiger partial charge < -0.3 is 9.63 Å². The van der Waals surface area contributed by atoms with Crippen molar-refractivity contribution in [3.8, 4) is 11.3 Å². The minimum absolute atomic E-state index is 0.0173. The van der Waals surface area contributed by atoms with Crippen LogP contribution in [-0.2, 0) is 0 Å². The first-order chi connectivity index (χ1) is 8.50. The molecule has 7 heteroatoms. The van der Waals surface area contributed by atoms with Crippen molar-refractivity contribution in [3.63, 3.8) is 0 Å². The van der Waals surface area contributed by atoms with Crippen LogP contribution in [0.25, 0.3) is 11.3 Å². The molecule has 0 radical (unpaired) electrons. The zero-order valence-electron chi connectivity index (χ0n) is 9.28. The van der Waals surface area contributed by atoms with Gasteiger partial charge in [0.2, 0.25) is 0 Å². The minimum atomic E-state index is -1.18. The molecule has 2 aromatic rings. The molecule has 0 atom stereocenters. The fourth-order valence-electron chi connectivity index (χ4n) is 1.58. The molecule has 0 aliphatic carbocycles. The first-order valence-corrected chi connectivity index (χ1v) is 4.95. The van der Waals surface area contributed by atoms with Crippen molar-refractivity contribution in [2.45, 2.75) is 6.92 Å². The number of hydrogen-bond donors (Lipinski definition) is 1. The molecule has 92 valence electrons. The van der Waals surface area contributed by atoms with E-state index >= 15 is 0 Å². The van der Waals surface area contributed by atoms with Crippen molar-refractivity contribution in [2.75, 3.05) is 0 Å². The van der Waals surface area contributed by atoms with E-state index < -0.39 is 10.9 Å². The minimum Gasteiger partial charge on any atom is -0.477 e. The number of carboxylic acids is 1. The van der Waals surface area contributed by atoms with Gasteiger partial charge in [-0.2, -0.15) is 0 Å². The maximum atomic E-state index is 11.1. The highest BCUT2D eigenvalue weighted by atomic mass is 16.6. The van der Waals surface area contributed by atoms with Gasteiger partial charge in [0.25, 0.3) is 5.69 Å². The zero-order valence-corrected chi connectivity index (χ0v) is 9.28. The van der Waals surface area contributed by atoms with Gasteiger partial charge >= 0.3 is 5.97 Å². The predicted molar refractivity (Wildman–Crippen MR) is 60.3 cm³/mol. The molecule has 0 spiro atoms. The highest BCUT2D eigenvalue weighted by Gasteiger charge is 2.22. The van der Waals surface area contributed by atoms with E-state index in [1.54, 1.807) is 0 Å². The monoisotopic (exact) mass is 248 g/mol. The molecule has 1 heterocycles. The lowest BCUT2D eigenvalue weighted by molar-refractivity contribution is -0.384. The lowest BCUT2D eigenvalue weighted by Gasteiger charge is -1.98. The number of benzene rings is 1. The molecule has 0 aliphatic rings. The lowest BCUT2D eigenvalue weighted by Crippen LogP contribution is -1.99. The third kappa shape index (κ3) is 1.93. The molecule has 7 nitrogen and oxygen atoms in total. The quantitative estimate of drug-likeness (QED) is 0.659. The van der Waals surface area contributed by atoms with Crippen molar-refractivity contribution in [2.24, 2.45) is 0 Å². The second kappa shape index (κ2) is 4.28. The van der Waals surface area contributed by atoms with Crippen molar-refractivity contribution >= 4 is 11.7 Å². The van der Waals surface area contributed by atoms with Gasteiger partial charge in [0.15, 0.2) is 5.76 Å². The molecule has 0 unspecified atom stereocenters. The van der Waals surface area contributed by atoms with Gasteiger partial charge in [-0.1, -0.05) is 17.3 Å². The van der Waals surface area contributed by atoms with Gasteiger partial charge in [-0.05, 0) is 6.92 Å². The molecule has 0 fully saturated rings. The molecule has 1 aromatic heterocycles. The first-order valence-electron chi connectivity index (χ1n) is 4.95. The summed E-state index contributed by atoms with van der Waals surface area (Å²) in [4.78, 5) is 21.2. The fraction of sp³-hybridized carbons (Fsp3) is 0.0909. The van der Waals surface area contributed by atoms with E-state index in [0.29, 0.717) is 5.56 Å². The number of rotatable bonds is 3. The van der Waals surface area contributed by atoms with Gasteiger partial charge in [-0.3, -0.25) is 10.1 Å². The van der Waals surface area contributed by atoms with Crippen molar-refractivity contribution in [1.82, 2.24) is 5.16 Å². The largest absolute Gasteiger partial charge is 0.477 e. The number of nitro benzene ring substituents is 1. The summed E-state index contributed by atoms with van der Waals surface area (Å²) in [6.45, 7) is 1.49. The molecule has 0 saturated heterocycles. The van der Waals surface area contributed by atoms with E-state index in [1.165, 1.54) is 31.2 Å².